The van der Waals surface area contributed by atoms with Crippen LogP contribution in [0.1, 0.15) is 36.0 Å². The van der Waals surface area contributed by atoms with Gasteiger partial charge in [0.25, 0.3) is 0 Å². The molecule has 0 spiro atoms. The molecule has 0 bridgehead atoms. The van der Waals surface area contributed by atoms with E-state index in [0.29, 0.717) is 12.5 Å². The summed E-state index contributed by atoms with van der Waals surface area (Å²) in [5.41, 5.74) is 6.05. The number of thioether (sulfide) groups is 2. The van der Waals surface area contributed by atoms with Gasteiger partial charge in [0.1, 0.15) is 5.00 Å². The number of nitrogens with zero attached hydrogens (tertiary/aromatic N) is 5. The Labute approximate surface area is 188 Å². The third-order valence-corrected chi connectivity index (χ3v) is 8.48. The van der Waals surface area contributed by atoms with Crippen molar-refractivity contribution < 1.29 is 4.74 Å². The van der Waals surface area contributed by atoms with Crippen molar-refractivity contribution >= 4 is 46.0 Å². The van der Waals surface area contributed by atoms with Gasteiger partial charge in [-0.15, -0.1) is 34.7 Å². The van der Waals surface area contributed by atoms with Gasteiger partial charge < -0.3 is 4.74 Å². The molecule has 2 aromatic rings. The minimum Gasteiger partial charge on any atom is -0.372 e. The molecule has 0 fully saturated rings. The van der Waals surface area contributed by atoms with Gasteiger partial charge in [-0.05, 0) is 11.5 Å². The minimum atomic E-state index is -0.0628. The number of amidine groups is 1. The first kappa shape index (κ1) is 20.2. The zero-order chi connectivity index (χ0) is 20.8. The molecule has 0 saturated carbocycles. The highest BCUT2D eigenvalue weighted by Gasteiger charge is 2.45. The monoisotopic (exact) mass is 460 g/mol. The van der Waals surface area contributed by atoms with Crippen molar-refractivity contribution in [2.24, 2.45) is 11.0 Å². The fourth-order valence-corrected chi connectivity index (χ4v) is 6.68. The molecule has 0 radical (unpaired) electrons. The van der Waals surface area contributed by atoms with Crippen molar-refractivity contribution in [3.63, 3.8) is 0 Å². The Bertz CT molecular complexity index is 1030. The molecule has 3 aliphatic rings. The van der Waals surface area contributed by atoms with E-state index < -0.39 is 0 Å². The summed E-state index contributed by atoms with van der Waals surface area (Å²) in [6.45, 7) is 12.8. The van der Waals surface area contributed by atoms with Gasteiger partial charge in [0.2, 0.25) is 5.95 Å². The minimum absolute atomic E-state index is 0.0628. The Morgan fingerprint density at radius 1 is 1.27 bits per heavy atom. The topological polar surface area (TPSA) is 67.6 Å². The van der Waals surface area contributed by atoms with E-state index in [-0.39, 0.29) is 12.3 Å². The molecule has 0 amide bonds. The summed E-state index contributed by atoms with van der Waals surface area (Å²) in [6, 6.07) is 0. The quantitative estimate of drug-likeness (QED) is 0.509. The second-order valence-corrected chi connectivity index (χ2v) is 10.7. The van der Waals surface area contributed by atoms with E-state index >= 15 is 0 Å². The number of thiophene rings is 1. The lowest BCUT2D eigenvalue weighted by Crippen LogP contribution is -2.38. The predicted molar refractivity (Wildman–Crippen MR) is 126 cm³/mol. The molecule has 0 saturated heterocycles. The van der Waals surface area contributed by atoms with E-state index in [0.717, 1.165) is 34.2 Å². The van der Waals surface area contributed by atoms with E-state index in [1.54, 1.807) is 34.9 Å². The lowest BCUT2D eigenvalue weighted by Gasteiger charge is -2.33. The second kappa shape index (κ2) is 8.07. The Morgan fingerprint density at radius 3 is 2.83 bits per heavy atom. The van der Waals surface area contributed by atoms with Gasteiger partial charge in [-0.1, -0.05) is 49.5 Å². The molecule has 2 atom stereocenters. The summed E-state index contributed by atoms with van der Waals surface area (Å²) >= 11 is 5.09. The van der Waals surface area contributed by atoms with Crippen LogP contribution in [-0.2, 0) is 17.8 Å². The number of rotatable bonds is 6. The second-order valence-electron chi connectivity index (χ2n) is 7.63. The van der Waals surface area contributed by atoms with Gasteiger partial charge in [-0.3, -0.25) is 10.3 Å². The number of hydrogen-bond acceptors (Lipinski definition) is 9. The first-order valence-corrected chi connectivity index (χ1v) is 12.7. The Balaban J connectivity index is 1.64. The van der Waals surface area contributed by atoms with Crippen molar-refractivity contribution in [1.82, 2.24) is 20.2 Å². The number of anilines is 1. The molecular formula is C20H24N6OS3. The van der Waals surface area contributed by atoms with Crippen LogP contribution in [0.3, 0.4) is 0 Å². The number of ether oxygens (including phenoxy) is 1. The fraction of sp³-hybridized carbons (Fsp3) is 0.450. The molecule has 2 aromatic heterocycles. The van der Waals surface area contributed by atoms with Crippen LogP contribution in [-0.4, -0.2) is 37.5 Å². The lowest BCUT2D eigenvalue weighted by molar-refractivity contribution is 0.00135. The molecule has 5 rings (SSSR count). The normalized spacial score (nSPS) is 21.4. The molecule has 3 aliphatic heterocycles. The number of hydrogen-bond donors (Lipinski definition) is 1. The third-order valence-electron chi connectivity index (χ3n) is 5.40. The molecule has 10 heteroatoms. The summed E-state index contributed by atoms with van der Waals surface area (Å²) in [5.74, 6) is 2.85. The molecule has 1 unspecified atom stereocenters. The summed E-state index contributed by atoms with van der Waals surface area (Å²) in [4.78, 5) is 3.47. The van der Waals surface area contributed by atoms with E-state index in [1.165, 1.54) is 21.0 Å². The predicted octanol–water partition coefficient (Wildman–Crippen LogP) is 4.32. The molecular weight excluding hydrogens is 436 g/mol. The zero-order valence-electron chi connectivity index (χ0n) is 17.0. The van der Waals surface area contributed by atoms with Gasteiger partial charge >= 0.3 is 0 Å². The van der Waals surface area contributed by atoms with Gasteiger partial charge in [0.05, 0.1) is 12.7 Å². The van der Waals surface area contributed by atoms with E-state index in [9.17, 15) is 0 Å². The van der Waals surface area contributed by atoms with Gasteiger partial charge in [0.15, 0.2) is 16.5 Å². The summed E-state index contributed by atoms with van der Waals surface area (Å²) in [7, 11) is 0. The van der Waals surface area contributed by atoms with Crippen LogP contribution >= 0.6 is 34.9 Å². The van der Waals surface area contributed by atoms with Crippen molar-refractivity contribution in [3.8, 4) is 5.00 Å². The molecule has 30 heavy (non-hydrogen) atoms. The number of hydrazone groups is 1. The number of nitrogens with one attached hydrogen (secondary N) is 1. The van der Waals surface area contributed by atoms with Crippen LogP contribution in [0, 0.1) is 5.92 Å². The molecule has 1 N–H and O–H groups in total. The Morgan fingerprint density at radius 2 is 2.07 bits per heavy atom. The van der Waals surface area contributed by atoms with Gasteiger partial charge in [-0.2, -0.15) is 5.10 Å². The summed E-state index contributed by atoms with van der Waals surface area (Å²) < 4.78 is 8.35. The number of aromatic nitrogens is 3. The standard InChI is InChI=1S/C20H24N6OS3/c1-5-7-28-19-23-21-16-15-12-9-13(11(3)4)27-10-14(12)30-17(15)26-18(25(16)19)22-24-20(26)29-8-6-2/h5-6,11,13,16,21H,1-2,7-10H2,3-4H3/t13-,16?/m0/s1. The maximum atomic E-state index is 6.17. The zero-order valence-corrected chi connectivity index (χ0v) is 19.4. The van der Waals surface area contributed by atoms with Crippen molar-refractivity contribution in [2.75, 3.05) is 16.4 Å². The first-order chi connectivity index (χ1) is 14.6. The van der Waals surface area contributed by atoms with Crippen LogP contribution in [0.4, 0.5) is 5.95 Å². The van der Waals surface area contributed by atoms with Crippen molar-refractivity contribution in [2.45, 2.75) is 44.3 Å². The van der Waals surface area contributed by atoms with Gasteiger partial charge in [0, 0.05) is 28.4 Å². The van der Waals surface area contributed by atoms with Crippen LogP contribution in [0.5, 0.6) is 0 Å². The van der Waals surface area contributed by atoms with Gasteiger partial charge in [-0.25, -0.2) is 4.57 Å². The molecule has 7 nitrogen and oxygen atoms in total. The fourth-order valence-electron chi connectivity index (χ4n) is 3.96. The highest BCUT2D eigenvalue weighted by atomic mass is 32.2. The largest absolute Gasteiger partial charge is 0.372 e. The summed E-state index contributed by atoms with van der Waals surface area (Å²) in [6.07, 6.45) is 4.88. The van der Waals surface area contributed by atoms with Crippen LogP contribution in [0.15, 0.2) is 35.6 Å². The molecule has 5 heterocycles. The van der Waals surface area contributed by atoms with E-state index in [4.69, 9.17) is 4.74 Å². The van der Waals surface area contributed by atoms with Crippen LogP contribution in [0.2, 0.25) is 0 Å². The van der Waals surface area contributed by atoms with E-state index in [1.807, 2.05) is 12.2 Å². The van der Waals surface area contributed by atoms with Crippen molar-refractivity contribution in [1.29, 1.82) is 0 Å². The Hall–Kier alpha value is -1.75. The highest BCUT2D eigenvalue weighted by Crippen LogP contribution is 2.49. The highest BCUT2D eigenvalue weighted by molar-refractivity contribution is 8.14. The average molecular weight is 461 g/mol. The maximum absolute atomic E-state index is 6.17. The van der Waals surface area contributed by atoms with Crippen LogP contribution in [0.25, 0.3) is 5.00 Å². The molecule has 0 aromatic carbocycles. The number of fused-ring (bicyclic) bond motifs is 8. The maximum Gasteiger partial charge on any atom is 0.241 e. The van der Waals surface area contributed by atoms with Crippen LogP contribution < -0.4 is 10.3 Å². The SMILES string of the molecule is C=CCSC1=NNC2c3c(sc4c3C[C@@H](C(C)C)OC4)-n3c(SCC=C)nnc3N12. The first-order valence-electron chi connectivity index (χ1n) is 9.95. The summed E-state index contributed by atoms with van der Waals surface area (Å²) in [5, 5.41) is 16.7. The van der Waals surface area contributed by atoms with E-state index in [2.05, 4.69) is 57.2 Å². The average Bonchev–Trinajstić information content (AvgIpc) is 3.44. The third kappa shape index (κ3) is 3.12. The molecule has 158 valence electrons. The Kier molecular flexibility index (Phi) is 5.42. The molecule has 0 aliphatic carbocycles. The smallest absolute Gasteiger partial charge is 0.241 e. The van der Waals surface area contributed by atoms with Crippen molar-refractivity contribution in [3.05, 3.63) is 41.3 Å². The lowest BCUT2D eigenvalue weighted by atomic mass is 9.93.